The number of para-hydroxylation sites is 1. The summed E-state index contributed by atoms with van der Waals surface area (Å²) in [6.45, 7) is 3.54. The summed E-state index contributed by atoms with van der Waals surface area (Å²) in [6.07, 6.45) is 4.49. The first-order valence-corrected chi connectivity index (χ1v) is 11.1. The Hall–Kier alpha value is -2.34. The molecule has 1 amide bonds. The Morgan fingerprint density at radius 1 is 1.04 bits per heavy atom. The number of amides is 1. The topological polar surface area (TPSA) is 66.5 Å². The first-order chi connectivity index (χ1) is 12.8. The second kappa shape index (κ2) is 7.72. The van der Waals surface area contributed by atoms with Crippen LogP contribution in [0.3, 0.4) is 0 Å². The van der Waals surface area contributed by atoms with Crippen molar-refractivity contribution in [3.8, 4) is 0 Å². The minimum absolute atomic E-state index is 0.192. The van der Waals surface area contributed by atoms with E-state index in [0.717, 1.165) is 29.0 Å². The molecule has 0 saturated carbocycles. The van der Waals surface area contributed by atoms with Gasteiger partial charge in [0, 0.05) is 0 Å². The van der Waals surface area contributed by atoms with Crippen molar-refractivity contribution in [3.05, 3.63) is 65.2 Å². The van der Waals surface area contributed by atoms with Crippen LogP contribution in [0.25, 0.3) is 0 Å². The van der Waals surface area contributed by atoms with Gasteiger partial charge in [-0.3, -0.25) is 9.10 Å². The van der Waals surface area contributed by atoms with Gasteiger partial charge in [-0.1, -0.05) is 36.4 Å². The molecule has 0 heterocycles. The monoisotopic (exact) mass is 386 g/mol. The lowest BCUT2D eigenvalue weighted by Gasteiger charge is -2.29. The number of nitrogens with one attached hydrogen (secondary N) is 1. The first-order valence-electron chi connectivity index (χ1n) is 9.24. The number of rotatable bonds is 6. The number of fused-ring (bicyclic) bond motifs is 1. The quantitative estimate of drug-likeness (QED) is 0.829. The zero-order valence-corrected chi connectivity index (χ0v) is 16.8. The van der Waals surface area contributed by atoms with Gasteiger partial charge in [-0.05, 0) is 61.9 Å². The lowest BCUT2D eigenvalue weighted by Crippen LogP contribution is -2.48. The van der Waals surface area contributed by atoms with Gasteiger partial charge >= 0.3 is 0 Å². The van der Waals surface area contributed by atoms with Crippen LogP contribution in [0.2, 0.25) is 0 Å². The van der Waals surface area contributed by atoms with Crippen LogP contribution in [0.4, 0.5) is 5.69 Å². The third-order valence-electron chi connectivity index (χ3n) is 5.08. The van der Waals surface area contributed by atoms with Gasteiger partial charge in [0.2, 0.25) is 15.9 Å². The molecule has 0 spiro atoms. The van der Waals surface area contributed by atoms with Gasteiger partial charge in [-0.15, -0.1) is 0 Å². The second-order valence-electron chi connectivity index (χ2n) is 7.18. The summed E-state index contributed by atoms with van der Waals surface area (Å²) in [5, 5.41) is 2.96. The Bertz CT molecular complexity index is 926. The molecule has 1 aliphatic rings. The van der Waals surface area contributed by atoms with Crippen LogP contribution >= 0.6 is 0 Å². The van der Waals surface area contributed by atoms with Crippen molar-refractivity contribution < 1.29 is 13.2 Å². The summed E-state index contributed by atoms with van der Waals surface area (Å²) in [7, 11) is -3.60. The third-order valence-corrected chi connectivity index (χ3v) is 6.32. The maximum Gasteiger partial charge on any atom is 0.244 e. The zero-order valence-electron chi connectivity index (χ0n) is 16.0. The summed E-state index contributed by atoms with van der Waals surface area (Å²) in [6, 6.07) is 14.0. The average molecular weight is 387 g/mol. The lowest BCUT2D eigenvalue weighted by atomic mass is 10.0. The Balaban J connectivity index is 1.77. The van der Waals surface area contributed by atoms with E-state index in [9.17, 15) is 13.2 Å². The highest BCUT2D eigenvalue weighted by molar-refractivity contribution is 7.92. The SMILES string of the molecule is C[C@H](C(=O)N[C@H](C)c1ccc2c(c1)CCC2)N(c1ccccc1)S(C)(=O)=O. The first kappa shape index (κ1) is 19.4. The molecule has 27 heavy (non-hydrogen) atoms. The number of nitrogens with zero attached hydrogens (tertiary/aromatic N) is 1. The number of carbonyl (C=O) groups excluding carboxylic acids is 1. The van der Waals surface area contributed by atoms with Gasteiger partial charge in [0.1, 0.15) is 6.04 Å². The molecule has 0 aliphatic heterocycles. The lowest BCUT2D eigenvalue weighted by molar-refractivity contribution is -0.122. The summed E-state index contributed by atoms with van der Waals surface area (Å²) < 4.78 is 25.8. The van der Waals surface area contributed by atoms with Gasteiger partial charge in [0.25, 0.3) is 0 Å². The number of benzene rings is 2. The molecule has 0 saturated heterocycles. The van der Waals surface area contributed by atoms with Crippen molar-refractivity contribution in [1.82, 2.24) is 5.32 Å². The highest BCUT2D eigenvalue weighted by Crippen LogP contribution is 2.26. The normalized spacial score (nSPS) is 15.7. The average Bonchev–Trinajstić information content (AvgIpc) is 3.09. The molecular weight excluding hydrogens is 360 g/mol. The Labute approximate surface area is 161 Å². The number of sulfonamides is 1. The van der Waals surface area contributed by atoms with Crippen molar-refractivity contribution >= 4 is 21.6 Å². The van der Waals surface area contributed by atoms with Crippen LogP contribution < -0.4 is 9.62 Å². The van der Waals surface area contributed by atoms with Crippen LogP contribution in [0, 0.1) is 0 Å². The molecule has 2 atom stereocenters. The fourth-order valence-corrected chi connectivity index (χ4v) is 4.84. The van der Waals surface area contributed by atoms with E-state index in [1.165, 1.54) is 17.5 Å². The molecule has 144 valence electrons. The molecular formula is C21H26N2O3S. The highest BCUT2D eigenvalue weighted by atomic mass is 32.2. The Morgan fingerprint density at radius 3 is 2.37 bits per heavy atom. The summed E-state index contributed by atoms with van der Waals surface area (Å²) in [5.74, 6) is -0.322. The second-order valence-corrected chi connectivity index (χ2v) is 9.04. The predicted molar refractivity (Wildman–Crippen MR) is 108 cm³/mol. The van der Waals surface area contributed by atoms with E-state index < -0.39 is 16.1 Å². The van der Waals surface area contributed by atoms with Gasteiger partial charge in [-0.25, -0.2) is 8.42 Å². The summed E-state index contributed by atoms with van der Waals surface area (Å²) >= 11 is 0. The van der Waals surface area contributed by atoms with Crippen molar-refractivity contribution in [1.29, 1.82) is 0 Å². The summed E-state index contributed by atoms with van der Waals surface area (Å²) in [5.41, 5.74) is 4.26. The van der Waals surface area contributed by atoms with E-state index in [4.69, 9.17) is 0 Å². The number of hydrogen-bond donors (Lipinski definition) is 1. The number of anilines is 1. The minimum atomic E-state index is -3.60. The standard InChI is InChI=1S/C21H26N2O3S/c1-15(18-13-12-17-8-7-9-19(17)14-18)22-21(24)16(2)23(27(3,25)26)20-10-5-4-6-11-20/h4-6,10-16H,7-9H2,1-3H3,(H,22,24)/t15-,16-/m1/s1. The maximum absolute atomic E-state index is 12.8. The van der Waals surface area contributed by atoms with Crippen LogP contribution in [0.5, 0.6) is 0 Å². The van der Waals surface area contributed by atoms with E-state index in [1.54, 1.807) is 31.2 Å². The fraction of sp³-hybridized carbons (Fsp3) is 0.381. The van der Waals surface area contributed by atoms with Crippen molar-refractivity contribution in [3.63, 3.8) is 0 Å². The molecule has 3 rings (SSSR count). The number of carbonyl (C=O) groups is 1. The zero-order chi connectivity index (χ0) is 19.6. The van der Waals surface area contributed by atoms with E-state index in [1.807, 2.05) is 19.1 Å². The van der Waals surface area contributed by atoms with Crippen LogP contribution in [-0.2, 0) is 27.7 Å². The van der Waals surface area contributed by atoms with Gasteiger partial charge in [-0.2, -0.15) is 0 Å². The van der Waals surface area contributed by atoms with E-state index in [-0.39, 0.29) is 11.9 Å². The largest absolute Gasteiger partial charge is 0.348 e. The number of hydrogen-bond acceptors (Lipinski definition) is 3. The minimum Gasteiger partial charge on any atom is -0.348 e. The fourth-order valence-electron chi connectivity index (χ4n) is 3.66. The van der Waals surface area contributed by atoms with Crippen molar-refractivity contribution in [2.24, 2.45) is 0 Å². The smallest absolute Gasteiger partial charge is 0.244 e. The highest BCUT2D eigenvalue weighted by Gasteiger charge is 2.29. The van der Waals surface area contributed by atoms with Gasteiger partial charge in [0.15, 0.2) is 0 Å². The summed E-state index contributed by atoms with van der Waals surface area (Å²) in [4.78, 5) is 12.8. The molecule has 5 nitrogen and oxygen atoms in total. The Morgan fingerprint density at radius 2 is 1.70 bits per heavy atom. The third kappa shape index (κ3) is 4.33. The molecule has 0 fully saturated rings. The van der Waals surface area contributed by atoms with Crippen LogP contribution in [0.15, 0.2) is 48.5 Å². The molecule has 6 heteroatoms. The van der Waals surface area contributed by atoms with Crippen molar-refractivity contribution in [2.75, 3.05) is 10.6 Å². The molecule has 2 aromatic rings. The Kier molecular flexibility index (Phi) is 5.56. The van der Waals surface area contributed by atoms with Gasteiger partial charge in [0.05, 0.1) is 18.0 Å². The molecule has 1 aliphatic carbocycles. The molecule has 2 aromatic carbocycles. The number of aryl methyl sites for hydroxylation is 2. The van der Waals surface area contributed by atoms with Crippen molar-refractivity contribution in [2.45, 2.75) is 45.2 Å². The maximum atomic E-state index is 12.8. The molecule has 0 bridgehead atoms. The van der Waals surface area contributed by atoms with Gasteiger partial charge < -0.3 is 5.32 Å². The van der Waals surface area contributed by atoms with Crippen LogP contribution in [0.1, 0.15) is 43.0 Å². The van der Waals surface area contributed by atoms with Crippen LogP contribution in [-0.4, -0.2) is 26.6 Å². The predicted octanol–water partition coefficient (Wildman–Crippen LogP) is 3.21. The van der Waals surface area contributed by atoms with E-state index in [0.29, 0.717) is 5.69 Å². The molecule has 0 aromatic heterocycles. The molecule has 0 radical (unpaired) electrons. The molecule has 0 unspecified atom stereocenters. The van der Waals surface area contributed by atoms with E-state index in [2.05, 4.69) is 17.4 Å². The van der Waals surface area contributed by atoms with E-state index >= 15 is 0 Å². The molecule has 1 N–H and O–H groups in total.